The van der Waals surface area contributed by atoms with Crippen molar-refractivity contribution in [3.8, 4) is 0 Å². The van der Waals surface area contributed by atoms with Gasteiger partial charge in [-0.05, 0) is 66.8 Å². The Bertz CT molecular complexity index is 900. The second kappa shape index (κ2) is 8.46. The molecule has 0 unspecified atom stereocenters. The zero-order valence-corrected chi connectivity index (χ0v) is 17.5. The largest absolute Gasteiger partial charge is 0.339 e. The number of hydrogen-bond donors (Lipinski definition) is 1. The molecule has 150 valence electrons. The molecule has 29 heavy (non-hydrogen) atoms. The summed E-state index contributed by atoms with van der Waals surface area (Å²) in [5.74, 6) is 0.240. The number of likely N-dealkylation sites (tertiary alicyclic amines) is 1. The third-order valence-corrected chi connectivity index (χ3v) is 6.90. The first-order chi connectivity index (χ1) is 14.1. The summed E-state index contributed by atoms with van der Waals surface area (Å²) in [6.45, 7) is 1.45. The molecule has 2 amide bonds. The minimum absolute atomic E-state index is 0.0549. The summed E-state index contributed by atoms with van der Waals surface area (Å²) in [5, 5.41) is 3.06. The normalized spacial score (nSPS) is 20.0. The maximum Gasteiger partial charge on any atom is 0.246 e. The fraction of sp³-hybridized carbons (Fsp3) is 0.333. The molecule has 1 spiro atoms. The molecule has 2 aliphatic rings. The number of carbonyl (C=O) groups excluding carboxylic acids is 2. The van der Waals surface area contributed by atoms with Gasteiger partial charge in [-0.3, -0.25) is 9.59 Å². The Labute approximate surface area is 176 Å². The topological polar surface area (TPSA) is 49.4 Å². The van der Waals surface area contributed by atoms with Gasteiger partial charge < -0.3 is 10.2 Å². The van der Waals surface area contributed by atoms with Crippen molar-refractivity contribution in [1.82, 2.24) is 4.90 Å². The standard InChI is InChI=1S/C24H26N2O2S/c1-29-20-10-8-19(9-11-20)25-23(28)21-17-24(21)13-15-26(16-14-24)22(27)12-7-18-5-3-2-4-6-18/h2-12,21H,13-17H2,1H3,(H,25,28)/b12-7+/t21-/m1/s1. The van der Waals surface area contributed by atoms with E-state index in [2.05, 4.69) is 5.32 Å². The van der Waals surface area contributed by atoms with Gasteiger partial charge in [0.15, 0.2) is 0 Å². The number of carbonyl (C=O) groups is 2. The zero-order valence-electron chi connectivity index (χ0n) is 16.6. The van der Waals surface area contributed by atoms with Crippen molar-refractivity contribution in [2.24, 2.45) is 11.3 Å². The van der Waals surface area contributed by atoms with Crippen LogP contribution in [0.25, 0.3) is 6.08 Å². The molecule has 2 aromatic carbocycles. The summed E-state index contributed by atoms with van der Waals surface area (Å²) < 4.78 is 0. The molecule has 1 saturated carbocycles. The molecule has 1 N–H and O–H groups in total. The van der Waals surface area contributed by atoms with Crippen LogP contribution in [0.4, 0.5) is 5.69 Å². The van der Waals surface area contributed by atoms with Gasteiger partial charge in [0.2, 0.25) is 11.8 Å². The highest BCUT2D eigenvalue weighted by Gasteiger charge is 2.58. The smallest absolute Gasteiger partial charge is 0.246 e. The van der Waals surface area contributed by atoms with Gasteiger partial charge >= 0.3 is 0 Å². The number of nitrogens with one attached hydrogen (secondary N) is 1. The Hall–Kier alpha value is -2.53. The summed E-state index contributed by atoms with van der Waals surface area (Å²) in [6.07, 6.45) is 8.30. The van der Waals surface area contributed by atoms with E-state index in [9.17, 15) is 9.59 Å². The molecular weight excluding hydrogens is 380 g/mol. The lowest BCUT2D eigenvalue weighted by Crippen LogP contribution is -2.39. The molecule has 1 atom stereocenters. The number of thioether (sulfide) groups is 1. The van der Waals surface area contributed by atoms with Crippen LogP contribution < -0.4 is 5.32 Å². The number of anilines is 1. The lowest BCUT2D eigenvalue weighted by Gasteiger charge is -2.32. The molecule has 0 bridgehead atoms. The number of hydrogen-bond acceptors (Lipinski definition) is 3. The van der Waals surface area contributed by atoms with E-state index in [1.54, 1.807) is 17.8 Å². The second-order valence-electron chi connectivity index (χ2n) is 7.91. The van der Waals surface area contributed by atoms with E-state index in [-0.39, 0.29) is 23.1 Å². The van der Waals surface area contributed by atoms with Gasteiger partial charge in [0.05, 0.1) is 0 Å². The van der Waals surface area contributed by atoms with Crippen LogP contribution in [0, 0.1) is 11.3 Å². The van der Waals surface area contributed by atoms with Crippen LogP contribution >= 0.6 is 11.8 Å². The van der Waals surface area contributed by atoms with Gasteiger partial charge in [-0.2, -0.15) is 0 Å². The number of piperidine rings is 1. The van der Waals surface area contributed by atoms with E-state index in [0.29, 0.717) is 0 Å². The van der Waals surface area contributed by atoms with Crippen molar-refractivity contribution in [2.75, 3.05) is 24.7 Å². The fourth-order valence-electron chi connectivity index (χ4n) is 4.18. The van der Waals surface area contributed by atoms with Crippen molar-refractivity contribution in [2.45, 2.75) is 24.2 Å². The Morgan fingerprint density at radius 1 is 1.07 bits per heavy atom. The minimum Gasteiger partial charge on any atom is -0.339 e. The first kappa shape index (κ1) is 19.8. The Kier molecular flexibility index (Phi) is 5.76. The van der Waals surface area contributed by atoms with Gasteiger partial charge in [0, 0.05) is 35.7 Å². The van der Waals surface area contributed by atoms with Crippen molar-refractivity contribution in [3.63, 3.8) is 0 Å². The predicted molar refractivity (Wildman–Crippen MR) is 119 cm³/mol. The highest BCUT2D eigenvalue weighted by Crippen LogP contribution is 2.59. The van der Waals surface area contributed by atoms with E-state index >= 15 is 0 Å². The molecule has 2 aromatic rings. The summed E-state index contributed by atoms with van der Waals surface area (Å²) in [6, 6.07) is 17.8. The number of benzene rings is 2. The zero-order chi connectivity index (χ0) is 20.3. The van der Waals surface area contributed by atoms with Crippen molar-refractivity contribution < 1.29 is 9.59 Å². The highest BCUT2D eigenvalue weighted by molar-refractivity contribution is 7.98. The predicted octanol–water partition coefficient (Wildman–Crippen LogP) is 4.69. The summed E-state index contributed by atoms with van der Waals surface area (Å²) in [7, 11) is 0. The summed E-state index contributed by atoms with van der Waals surface area (Å²) >= 11 is 1.69. The molecule has 1 aliphatic carbocycles. The Balaban J connectivity index is 1.27. The van der Waals surface area contributed by atoms with Gasteiger partial charge in [-0.1, -0.05) is 30.3 Å². The maximum absolute atomic E-state index is 12.7. The fourth-order valence-corrected chi connectivity index (χ4v) is 4.59. The molecule has 1 aliphatic heterocycles. The van der Waals surface area contributed by atoms with Gasteiger partial charge in [-0.15, -0.1) is 11.8 Å². The average molecular weight is 407 g/mol. The van der Waals surface area contributed by atoms with Gasteiger partial charge in [-0.25, -0.2) is 0 Å². The summed E-state index contributed by atoms with van der Waals surface area (Å²) in [5.41, 5.74) is 1.97. The van der Waals surface area contributed by atoms with Crippen LogP contribution in [0.5, 0.6) is 0 Å². The molecular formula is C24H26N2O2S. The third kappa shape index (κ3) is 4.56. The second-order valence-corrected chi connectivity index (χ2v) is 8.79. The minimum atomic E-state index is 0.0549. The van der Waals surface area contributed by atoms with E-state index in [4.69, 9.17) is 0 Å². The lowest BCUT2D eigenvalue weighted by molar-refractivity contribution is -0.127. The van der Waals surface area contributed by atoms with E-state index < -0.39 is 0 Å². The number of nitrogens with zero attached hydrogens (tertiary/aromatic N) is 1. The van der Waals surface area contributed by atoms with E-state index in [1.165, 1.54) is 4.90 Å². The van der Waals surface area contributed by atoms with Crippen LogP contribution in [-0.2, 0) is 9.59 Å². The van der Waals surface area contributed by atoms with Crippen LogP contribution in [0.2, 0.25) is 0 Å². The van der Waals surface area contributed by atoms with Gasteiger partial charge in [0.25, 0.3) is 0 Å². The van der Waals surface area contributed by atoms with Crippen molar-refractivity contribution in [1.29, 1.82) is 0 Å². The maximum atomic E-state index is 12.7. The first-order valence-corrected chi connectivity index (χ1v) is 11.3. The Morgan fingerprint density at radius 3 is 2.41 bits per heavy atom. The van der Waals surface area contributed by atoms with Crippen molar-refractivity contribution in [3.05, 3.63) is 66.2 Å². The summed E-state index contributed by atoms with van der Waals surface area (Å²) in [4.78, 5) is 28.2. The van der Waals surface area contributed by atoms with Crippen LogP contribution in [0.15, 0.2) is 65.6 Å². The van der Waals surface area contributed by atoms with E-state index in [1.807, 2.05) is 71.8 Å². The molecule has 0 radical (unpaired) electrons. The third-order valence-electron chi connectivity index (χ3n) is 6.15. The van der Waals surface area contributed by atoms with Crippen LogP contribution in [-0.4, -0.2) is 36.1 Å². The van der Waals surface area contributed by atoms with Crippen molar-refractivity contribution >= 4 is 35.3 Å². The molecule has 1 saturated heterocycles. The molecule has 4 nitrogen and oxygen atoms in total. The Morgan fingerprint density at radius 2 is 1.76 bits per heavy atom. The van der Waals surface area contributed by atoms with Gasteiger partial charge in [0.1, 0.15) is 0 Å². The van der Waals surface area contributed by atoms with E-state index in [0.717, 1.165) is 43.6 Å². The molecule has 0 aromatic heterocycles. The number of amides is 2. The molecule has 5 heteroatoms. The number of rotatable bonds is 5. The molecule has 2 fully saturated rings. The average Bonchev–Trinajstić information content (AvgIpc) is 3.47. The van der Waals surface area contributed by atoms with Crippen LogP contribution in [0.1, 0.15) is 24.8 Å². The first-order valence-electron chi connectivity index (χ1n) is 10.1. The highest BCUT2D eigenvalue weighted by atomic mass is 32.2. The monoisotopic (exact) mass is 406 g/mol. The molecule has 1 heterocycles. The SMILES string of the molecule is CSc1ccc(NC(=O)[C@H]2CC23CCN(C(=O)/C=C/c2ccccc2)CC3)cc1. The molecule has 4 rings (SSSR count). The van der Waals surface area contributed by atoms with Crippen LogP contribution in [0.3, 0.4) is 0 Å². The quantitative estimate of drug-likeness (QED) is 0.579. The lowest BCUT2D eigenvalue weighted by atomic mass is 9.90.